The molecule has 2 aliphatic rings. The van der Waals surface area contributed by atoms with Crippen molar-refractivity contribution in [2.24, 2.45) is 0 Å². The number of fused-ring (bicyclic) bond motifs is 8. The van der Waals surface area contributed by atoms with Gasteiger partial charge in [-0.15, -0.1) is 0 Å². The first kappa shape index (κ1) is 21.8. The van der Waals surface area contributed by atoms with Gasteiger partial charge in [0.15, 0.2) is 0 Å². The van der Waals surface area contributed by atoms with E-state index in [-0.39, 0.29) is 17.2 Å². The summed E-state index contributed by atoms with van der Waals surface area (Å²) in [5.41, 5.74) is 13.7. The molecule has 0 aliphatic heterocycles. The largest absolute Gasteiger partial charge is 0.341 e. The van der Waals surface area contributed by atoms with Crippen LogP contribution in [-0.4, -0.2) is 32.0 Å². The summed E-state index contributed by atoms with van der Waals surface area (Å²) in [7, 11) is 0.119. The van der Waals surface area contributed by atoms with Crippen LogP contribution in [0.5, 0.6) is 0 Å². The van der Waals surface area contributed by atoms with E-state index in [0.29, 0.717) is 5.57 Å². The summed E-state index contributed by atoms with van der Waals surface area (Å²) in [4.78, 5) is 37.5. The Kier molecular flexibility index (Phi) is 5.20. The van der Waals surface area contributed by atoms with Crippen molar-refractivity contribution in [1.29, 1.82) is 0 Å². The fraction of sp³-hybridized carbons (Fsp3) is 0.143. The zero-order valence-electron chi connectivity index (χ0n) is 19.3. The summed E-state index contributed by atoms with van der Waals surface area (Å²) >= 11 is 0. The van der Waals surface area contributed by atoms with E-state index in [1.807, 2.05) is 0 Å². The van der Waals surface area contributed by atoms with Crippen molar-refractivity contribution in [2.45, 2.75) is 25.7 Å². The van der Waals surface area contributed by atoms with Crippen molar-refractivity contribution >= 4 is 51.1 Å². The van der Waals surface area contributed by atoms with Gasteiger partial charge >= 0.3 is 0 Å². The molecule has 0 saturated heterocycles. The first-order valence-electron chi connectivity index (χ1n) is 12.0. The van der Waals surface area contributed by atoms with Crippen molar-refractivity contribution in [3.8, 4) is 33.6 Å². The Morgan fingerprint density at radius 3 is 2.47 bits per heavy atom. The van der Waals surface area contributed by atoms with E-state index in [9.17, 15) is 9.59 Å². The van der Waals surface area contributed by atoms with Crippen LogP contribution < -0.4 is 11.1 Å². The molecule has 5 aromatic rings. The molecular formula is C28H22N4O2P2. The Morgan fingerprint density at radius 2 is 1.58 bits per heavy atom. The molecule has 36 heavy (non-hydrogen) atoms. The fourth-order valence-electron chi connectivity index (χ4n) is 5.71. The SMILES string of the molecule is O=CPc1ncc(-c2ccc3c4c(ccc3c2)-c2cc3c(cc2CC4)-c2nc(PC=O)[nH]c2CC3)[nH]1. The molecule has 2 aromatic heterocycles. The van der Waals surface area contributed by atoms with E-state index >= 15 is 0 Å². The average Bonchev–Trinajstić information content (AvgIpc) is 3.54. The van der Waals surface area contributed by atoms with Gasteiger partial charge in [-0.2, -0.15) is 0 Å². The number of benzene rings is 3. The number of hydrogen-bond acceptors (Lipinski definition) is 4. The van der Waals surface area contributed by atoms with Gasteiger partial charge in [0.1, 0.15) is 23.2 Å². The standard InChI is InChI=1S/C28H22N4O2P2/c33-13-35-27-29-12-25(31-27)18-3-5-19-15(9-18)1-7-21-20(19)6-2-16-11-23-17(10-22(16)21)4-8-24-26(23)32-28(30-24)36-14-34/h1,3,5,7,9-14,35-36H,2,4,6,8H2,(H,29,31)(H,30,32). The minimum absolute atomic E-state index is 0.0470. The number of hydrogen-bond donors (Lipinski definition) is 2. The molecule has 0 saturated carbocycles. The zero-order valence-corrected chi connectivity index (χ0v) is 21.3. The number of aryl methyl sites for hydroxylation is 4. The molecule has 7 rings (SSSR count). The van der Waals surface area contributed by atoms with Crippen LogP contribution in [0.2, 0.25) is 0 Å². The number of carbonyl (C=O) groups excluding carboxylic acids is 2. The van der Waals surface area contributed by atoms with Gasteiger partial charge in [-0.1, -0.05) is 30.3 Å². The minimum atomic E-state index is 0.0470. The van der Waals surface area contributed by atoms with Crippen LogP contribution in [0.1, 0.15) is 22.4 Å². The Balaban J connectivity index is 1.29. The van der Waals surface area contributed by atoms with Gasteiger partial charge in [0.25, 0.3) is 0 Å². The quantitative estimate of drug-likeness (QED) is 0.271. The van der Waals surface area contributed by atoms with Gasteiger partial charge in [0.2, 0.25) is 0 Å². The van der Waals surface area contributed by atoms with Crippen LogP contribution in [0.25, 0.3) is 44.4 Å². The number of nitrogens with one attached hydrogen (secondary N) is 2. The van der Waals surface area contributed by atoms with Gasteiger partial charge in [-0.3, -0.25) is 9.59 Å². The number of aromatic amines is 2. The topological polar surface area (TPSA) is 91.5 Å². The molecular weight excluding hydrogens is 486 g/mol. The summed E-state index contributed by atoms with van der Waals surface area (Å²) in [6.07, 6.45) is 5.70. The Hall–Kier alpha value is -3.46. The lowest BCUT2D eigenvalue weighted by Crippen LogP contribution is -2.09. The summed E-state index contributed by atoms with van der Waals surface area (Å²) < 4.78 is 0. The van der Waals surface area contributed by atoms with Crippen molar-refractivity contribution in [1.82, 2.24) is 19.9 Å². The molecule has 0 radical (unpaired) electrons. The fourth-order valence-corrected chi connectivity index (χ4v) is 6.68. The molecule has 6 nitrogen and oxygen atoms in total. The third kappa shape index (κ3) is 3.48. The zero-order chi connectivity index (χ0) is 24.2. The number of nitrogens with zero attached hydrogens (tertiary/aromatic N) is 2. The second-order valence-electron chi connectivity index (χ2n) is 9.28. The van der Waals surface area contributed by atoms with E-state index < -0.39 is 0 Å². The average molecular weight is 508 g/mol. The van der Waals surface area contributed by atoms with Gasteiger partial charge in [-0.25, -0.2) is 9.97 Å². The highest BCUT2D eigenvalue weighted by molar-refractivity contribution is 7.62. The lowest BCUT2D eigenvalue weighted by Gasteiger charge is -2.25. The number of aromatic nitrogens is 4. The highest BCUT2D eigenvalue weighted by atomic mass is 31.1. The molecule has 0 amide bonds. The second kappa shape index (κ2) is 8.58. The monoisotopic (exact) mass is 508 g/mol. The van der Waals surface area contributed by atoms with E-state index in [1.165, 1.54) is 44.2 Å². The summed E-state index contributed by atoms with van der Waals surface area (Å²) in [6, 6.07) is 17.6. The summed E-state index contributed by atoms with van der Waals surface area (Å²) in [6.45, 7) is 0. The number of imidazole rings is 2. The molecule has 2 aliphatic carbocycles. The number of H-pyrrole nitrogens is 2. The second-order valence-corrected chi connectivity index (χ2v) is 11.3. The third-order valence-electron chi connectivity index (χ3n) is 7.35. The molecule has 0 bridgehead atoms. The van der Waals surface area contributed by atoms with Crippen LogP contribution in [0.3, 0.4) is 0 Å². The molecule has 2 atom stereocenters. The molecule has 2 heterocycles. The molecule has 176 valence electrons. The first-order valence-corrected chi connectivity index (χ1v) is 14.1. The number of carbonyl (C=O) groups is 2. The smallest absolute Gasteiger partial charge is 0.146 e. The third-order valence-corrected chi connectivity index (χ3v) is 8.62. The molecule has 0 fully saturated rings. The number of rotatable bonds is 5. The van der Waals surface area contributed by atoms with Crippen molar-refractivity contribution in [3.63, 3.8) is 0 Å². The van der Waals surface area contributed by atoms with Crippen LogP contribution in [0.15, 0.2) is 48.7 Å². The van der Waals surface area contributed by atoms with E-state index in [2.05, 4.69) is 57.4 Å². The predicted molar refractivity (Wildman–Crippen MR) is 149 cm³/mol. The maximum Gasteiger partial charge on any atom is 0.146 e. The molecule has 8 heteroatoms. The molecule has 3 aromatic carbocycles. The summed E-state index contributed by atoms with van der Waals surface area (Å²) in [5.74, 6) is 0. The van der Waals surface area contributed by atoms with Crippen LogP contribution in [-0.2, 0) is 35.3 Å². The lowest BCUT2D eigenvalue weighted by atomic mass is 9.79. The van der Waals surface area contributed by atoms with Crippen molar-refractivity contribution < 1.29 is 9.59 Å². The van der Waals surface area contributed by atoms with Crippen LogP contribution >= 0.6 is 17.2 Å². The van der Waals surface area contributed by atoms with E-state index in [1.54, 1.807) is 6.20 Å². The highest BCUT2D eigenvalue weighted by Crippen LogP contribution is 2.42. The highest BCUT2D eigenvalue weighted by Gasteiger charge is 2.25. The van der Waals surface area contributed by atoms with Gasteiger partial charge in [-0.05, 0) is 76.4 Å². The normalized spacial score (nSPS) is 14.2. The van der Waals surface area contributed by atoms with Crippen LogP contribution in [0, 0.1) is 0 Å². The first-order chi connectivity index (χ1) is 17.7. The maximum absolute atomic E-state index is 11.0. The van der Waals surface area contributed by atoms with E-state index in [4.69, 9.17) is 4.98 Å². The van der Waals surface area contributed by atoms with Crippen molar-refractivity contribution in [2.75, 3.05) is 0 Å². The Morgan fingerprint density at radius 1 is 0.778 bits per heavy atom. The Labute approximate surface area is 210 Å². The molecule has 0 spiro atoms. The van der Waals surface area contributed by atoms with Crippen molar-refractivity contribution in [3.05, 3.63) is 71.0 Å². The molecule has 2 N–H and O–H groups in total. The lowest BCUT2D eigenvalue weighted by molar-refractivity contribution is 0.569. The van der Waals surface area contributed by atoms with Crippen LogP contribution in [0.4, 0.5) is 0 Å². The molecule has 2 unspecified atom stereocenters. The summed E-state index contributed by atoms with van der Waals surface area (Å²) in [5, 5.41) is 2.51. The van der Waals surface area contributed by atoms with Gasteiger partial charge in [0, 0.05) is 34.0 Å². The predicted octanol–water partition coefficient (Wildman–Crippen LogP) is 4.47. The Bertz CT molecular complexity index is 1700. The van der Waals surface area contributed by atoms with Gasteiger partial charge in [0.05, 0.1) is 17.6 Å². The minimum Gasteiger partial charge on any atom is -0.341 e. The maximum atomic E-state index is 11.0. The van der Waals surface area contributed by atoms with Gasteiger partial charge < -0.3 is 9.97 Å². The van der Waals surface area contributed by atoms with E-state index in [0.717, 1.165) is 65.9 Å².